The first kappa shape index (κ1) is 15.8. The van der Waals surface area contributed by atoms with Gasteiger partial charge in [-0.1, -0.05) is 0 Å². The van der Waals surface area contributed by atoms with E-state index in [1.807, 2.05) is 0 Å². The maximum Gasteiger partial charge on any atom is 0.252 e. The van der Waals surface area contributed by atoms with E-state index >= 15 is 0 Å². The molecule has 1 aromatic heterocycles. The molecular weight excluding hydrogens is 345 g/mol. The molecule has 1 atom stereocenters. The molecule has 0 saturated heterocycles. The number of nitrogens with one attached hydrogen (secondary N) is 1. The lowest BCUT2D eigenvalue weighted by Crippen LogP contribution is -2.16. The predicted molar refractivity (Wildman–Crippen MR) is 81.4 cm³/mol. The molecule has 0 bridgehead atoms. The van der Waals surface area contributed by atoms with Crippen LogP contribution in [0, 0.1) is 5.82 Å². The number of carbonyl (C=O) groups excluding carboxylic acids is 1. The molecule has 0 aliphatic carbocycles. The summed E-state index contributed by atoms with van der Waals surface area (Å²) >= 11 is 5.68. The molecule has 1 N–H and O–H groups in total. The van der Waals surface area contributed by atoms with Gasteiger partial charge in [-0.25, -0.2) is 22.8 Å². The average Bonchev–Trinajstić information content (AvgIpc) is 2.75. The van der Waals surface area contributed by atoms with E-state index in [1.165, 1.54) is 12.1 Å². The Kier molecular flexibility index (Phi) is 3.61. The zero-order valence-corrected chi connectivity index (χ0v) is 13.7. The topological polar surface area (TPSA) is 89.0 Å². The highest BCUT2D eigenvalue weighted by Gasteiger charge is 2.32. The fourth-order valence-corrected chi connectivity index (χ4v) is 3.76. The Balaban J connectivity index is 2.36. The minimum absolute atomic E-state index is 0.0371. The molecule has 0 radical (unpaired) electrons. The van der Waals surface area contributed by atoms with Crippen LogP contribution in [-0.2, 0) is 9.84 Å². The minimum Gasteiger partial charge on any atom is -0.345 e. The molecule has 23 heavy (non-hydrogen) atoms. The first-order valence-electron chi connectivity index (χ1n) is 6.55. The normalized spacial score (nSPS) is 17.0. The number of rotatable bonds is 2. The van der Waals surface area contributed by atoms with Gasteiger partial charge in [-0.05, 0) is 30.7 Å². The monoisotopic (exact) mass is 355 g/mol. The van der Waals surface area contributed by atoms with Crippen molar-refractivity contribution in [1.29, 1.82) is 0 Å². The van der Waals surface area contributed by atoms with E-state index in [4.69, 9.17) is 11.6 Å². The zero-order valence-electron chi connectivity index (χ0n) is 12.1. The van der Waals surface area contributed by atoms with Gasteiger partial charge >= 0.3 is 0 Å². The smallest absolute Gasteiger partial charge is 0.252 e. The Morgan fingerprint density at radius 1 is 1.35 bits per heavy atom. The fourth-order valence-electron chi connectivity index (χ4n) is 2.60. The van der Waals surface area contributed by atoms with Crippen molar-refractivity contribution in [2.24, 2.45) is 0 Å². The lowest BCUT2D eigenvalue weighted by molar-refractivity contribution is 0.0958. The molecule has 3 rings (SSSR count). The first-order valence-corrected chi connectivity index (χ1v) is 8.82. The number of benzene rings is 1. The van der Waals surface area contributed by atoms with Crippen molar-refractivity contribution < 1.29 is 17.6 Å². The number of hydrogen-bond acceptors (Lipinski definition) is 5. The van der Waals surface area contributed by atoms with Crippen molar-refractivity contribution in [2.75, 3.05) is 6.26 Å². The van der Waals surface area contributed by atoms with Crippen LogP contribution in [0.3, 0.4) is 0 Å². The highest BCUT2D eigenvalue weighted by molar-refractivity contribution is 7.90. The minimum atomic E-state index is -3.63. The Labute approximate surface area is 136 Å². The van der Waals surface area contributed by atoms with E-state index in [0.29, 0.717) is 5.56 Å². The van der Waals surface area contributed by atoms with E-state index in [0.717, 1.165) is 12.5 Å². The van der Waals surface area contributed by atoms with Crippen molar-refractivity contribution in [3.63, 3.8) is 0 Å². The molecule has 1 aliphatic rings. The number of sulfone groups is 1. The van der Waals surface area contributed by atoms with Crippen LogP contribution in [0.2, 0.25) is 5.28 Å². The third-order valence-electron chi connectivity index (χ3n) is 3.55. The van der Waals surface area contributed by atoms with Gasteiger partial charge in [-0.3, -0.25) is 4.79 Å². The summed E-state index contributed by atoms with van der Waals surface area (Å²) in [7, 11) is -3.63. The van der Waals surface area contributed by atoms with Crippen molar-refractivity contribution in [3.8, 4) is 11.3 Å². The molecule has 120 valence electrons. The summed E-state index contributed by atoms with van der Waals surface area (Å²) in [5, 5.41) is 2.46. The summed E-state index contributed by atoms with van der Waals surface area (Å²) in [6.07, 6.45) is 1.92. The molecule has 2 heterocycles. The number of aromatic nitrogens is 2. The molecule has 0 fully saturated rings. The van der Waals surface area contributed by atoms with E-state index < -0.39 is 27.6 Å². The molecule has 1 amide bonds. The van der Waals surface area contributed by atoms with Crippen molar-refractivity contribution >= 4 is 27.3 Å². The van der Waals surface area contributed by atoms with Gasteiger partial charge in [0.15, 0.2) is 15.7 Å². The van der Waals surface area contributed by atoms with E-state index in [2.05, 4.69) is 15.3 Å². The Bertz CT molecular complexity index is 947. The molecule has 1 unspecified atom stereocenters. The Morgan fingerprint density at radius 2 is 2.04 bits per heavy atom. The zero-order chi connectivity index (χ0) is 16.9. The van der Waals surface area contributed by atoms with Crippen LogP contribution in [0.1, 0.15) is 28.9 Å². The van der Waals surface area contributed by atoms with Crippen LogP contribution in [0.5, 0.6) is 0 Å². The van der Waals surface area contributed by atoms with Crippen LogP contribution in [0.4, 0.5) is 4.39 Å². The average molecular weight is 356 g/mol. The molecular formula is C14H11ClFN3O3S. The van der Waals surface area contributed by atoms with Gasteiger partial charge in [-0.2, -0.15) is 0 Å². The molecule has 0 spiro atoms. The highest BCUT2D eigenvalue weighted by atomic mass is 35.5. The van der Waals surface area contributed by atoms with Gasteiger partial charge in [0.25, 0.3) is 5.91 Å². The Hall–Kier alpha value is -2.06. The van der Waals surface area contributed by atoms with Crippen molar-refractivity contribution in [2.45, 2.75) is 17.9 Å². The van der Waals surface area contributed by atoms with Gasteiger partial charge in [0.05, 0.1) is 17.1 Å². The van der Waals surface area contributed by atoms with Gasteiger partial charge in [-0.15, -0.1) is 0 Å². The lowest BCUT2D eigenvalue weighted by atomic mass is 10.0. The third kappa shape index (κ3) is 2.68. The van der Waals surface area contributed by atoms with Gasteiger partial charge in [0.2, 0.25) is 5.28 Å². The van der Waals surface area contributed by atoms with Crippen LogP contribution in [-0.4, -0.2) is 30.5 Å². The quantitative estimate of drug-likeness (QED) is 0.834. The Morgan fingerprint density at radius 3 is 2.70 bits per heavy atom. The van der Waals surface area contributed by atoms with Crippen molar-refractivity contribution in [3.05, 3.63) is 40.6 Å². The number of nitrogens with zero attached hydrogens (tertiary/aromatic N) is 2. The second kappa shape index (κ2) is 5.24. The summed E-state index contributed by atoms with van der Waals surface area (Å²) in [4.78, 5) is 19.3. The number of hydrogen-bond donors (Lipinski definition) is 1. The highest BCUT2D eigenvalue weighted by Crippen LogP contribution is 2.35. The van der Waals surface area contributed by atoms with E-state index in [-0.39, 0.29) is 27.0 Å². The molecule has 9 heteroatoms. The maximum absolute atomic E-state index is 14.0. The summed E-state index contributed by atoms with van der Waals surface area (Å²) in [5.41, 5.74) is 0.548. The summed E-state index contributed by atoms with van der Waals surface area (Å²) in [6.45, 7) is 1.68. The maximum atomic E-state index is 14.0. The standard InChI is InChI=1S/C14H11ClFN3O3S/c1-6-11-8(13(20)18-6)3-7(4-10(11)23(2,21)22)12-9(16)5-17-14(15)19-12/h3-6H,1-2H3,(H,18,20). The first-order chi connectivity index (χ1) is 10.7. The second-order valence-electron chi connectivity index (χ2n) is 5.24. The molecule has 2 aromatic rings. The van der Waals surface area contributed by atoms with Crippen LogP contribution in [0.15, 0.2) is 23.2 Å². The molecule has 0 saturated carbocycles. The van der Waals surface area contributed by atoms with Gasteiger partial charge in [0.1, 0.15) is 5.69 Å². The number of fused-ring (bicyclic) bond motifs is 1. The van der Waals surface area contributed by atoms with Gasteiger partial charge < -0.3 is 5.32 Å². The molecule has 6 nitrogen and oxygen atoms in total. The van der Waals surface area contributed by atoms with Crippen molar-refractivity contribution in [1.82, 2.24) is 15.3 Å². The summed E-state index contributed by atoms with van der Waals surface area (Å²) < 4.78 is 38.2. The van der Waals surface area contributed by atoms with Crippen LogP contribution in [0.25, 0.3) is 11.3 Å². The lowest BCUT2D eigenvalue weighted by Gasteiger charge is -2.12. The number of halogens is 2. The van der Waals surface area contributed by atoms with E-state index in [1.54, 1.807) is 6.92 Å². The fraction of sp³-hybridized carbons (Fsp3) is 0.214. The number of amides is 1. The number of carbonyl (C=O) groups is 1. The molecule has 1 aromatic carbocycles. The third-order valence-corrected chi connectivity index (χ3v) is 4.87. The second-order valence-corrected chi connectivity index (χ2v) is 7.56. The largest absolute Gasteiger partial charge is 0.345 e. The van der Waals surface area contributed by atoms with Crippen LogP contribution < -0.4 is 5.32 Å². The van der Waals surface area contributed by atoms with Gasteiger partial charge in [0, 0.05) is 22.9 Å². The van der Waals surface area contributed by atoms with E-state index in [9.17, 15) is 17.6 Å². The summed E-state index contributed by atoms with van der Waals surface area (Å²) in [5.74, 6) is -1.18. The van der Waals surface area contributed by atoms with Crippen LogP contribution >= 0.6 is 11.6 Å². The predicted octanol–water partition coefficient (Wildman–Crippen LogP) is 2.14. The summed E-state index contributed by atoms with van der Waals surface area (Å²) in [6, 6.07) is 2.26. The SMILES string of the molecule is CC1NC(=O)c2cc(-c3nc(Cl)ncc3F)cc(S(C)(=O)=O)c21. The molecule has 1 aliphatic heterocycles.